The van der Waals surface area contributed by atoms with E-state index in [0.717, 1.165) is 6.42 Å². The largest absolute Gasteiger partial charge is 0.444 e. The van der Waals surface area contributed by atoms with Gasteiger partial charge in [-0.15, -0.1) is 0 Å². The van der Waals surface area contributed by atoms with Crippen LogP contribution in [0.3, 0.4) is 0 Å². The van der Waals surface area contributed by atoms with Gasteiger partial charge in [0.25, 0.3) is 5.91 Å². The quantitative estimate of drug-likeness (QED) is 0.829. The molecule has 2 aromatic rings. The third-order valence-corrected chi connectivity index (χ3v) is 3.83. The van der Waals surface area contributed by atoms with Gasteiger partial charge >= 0.3 is 0 Å². The number of amides is 2. The topological polar surface area (TPSA) is 79.8 Å². The molecule has 0 unspecified atom stereocenters. The minimum atomic E-state index is -0.376. The maximum atomic E-state index is 12.7. The van der Waals surface area contributed by atoms with Crippen molar-refractivity contribution in [1.82, 2.24) is 10.1 Å². The van der Waals surface area contributed by atoms with Gasteiger partial charge in [-0.3, -0.25) is 14.5 Å². The standard InChI is InChI=1S/C14H14BrN3O4/c1-9-7-12(16-22-9)18(8-17-6-2-3-13(17)19)14(20)10-4-5-11(15)21-10/h4-5,7H,2-3,6,8H2,1H3. The molecular weight excluding hydrogens is 354 g/mol. The van der Waals surface area contributed by atoms with Crippen molar-refractivity contribution in [3.8, 4) is 0 Å². The molecule has 1 saturated heterocycles. The molecule has 3 rings (SSSR count). The molecule has 0 spiro atoms. The Morgan fingerprint density at radius 2 is 2.32 bits per heavy atom. The van der Waals surface area contributed by atoms with Crippen molar-refractivity contribution in [3.05, 3.63) is 34.4 Å². The molecule has 3 heterocycles. The Morgan fingerprint density at radius 3 is 2.86 bits per heavy atom. The van der Waals surface area contributed by atoms with Crippen molar-refractivity contribution in [2.75, 3.05) is 18.1 Å². The first-order chi connectivity index (χ1) is 10.5. The van der Waals surface area contributed by atoms with Gasteiger partial charge in [0, 0.05) is 19.0 Å². The molecule has 116 valence electrons. The lowest BCUT2D eigenvalue weighted by Crippen LogP contribution is -2.42. The van der Waals surface area contributed by atoms with Crippen molar-refractivity contribution >= 4 is 33.6 Å². The second-order valence-corrected chi connectivity index (χ2v) is 5.82. The van der Waals surface area contributed by atoms with Gasteiger partial charge < -0.3 is 13.8 Å². The van der Waals surface area contributed by atoms with Gasteiger partial charge in [0.1, 0.15) is 12.4 Å². The maximum absolute atomic E-state index is 12.7. The lowest BCUT2D eigenvalue weighted by atomic mass is 10.3. The fraction of sp³-hybridized carbons (Fsp3) is 0.357. The molecule has 1 aliphatic heterocycles. The fourth-order valence-corrected chi connectivity index (χ4v) is 2.61. The van der Waals surface area contributed by atoms with E-state index < -0.39 is 0 Å². The zero-order valence-electron chi connectivity index (χ0n) is 11.9. The van der Waals surface area contributed by atoms with Crippen LogP contribution in [0.2, 0.25) is 0 Å². The molecule has 0 N–H and O–H groups in total. The molecule has 0 aromatic carbocycles. The predicted molar refractivity (Wildman–Crippen MR) is 80.3 cm³/mol. The molecule has 2 amide bonds. The Bertz CT molecular complexity index is 709. The molecular formula is C14H14BrN3O4. The van der Waals surface area contributed by atoms with Crippen LogP contribution in [0.5, 0.6) is 0 Å². The molecule has 0 saturated carbocycles. The van der Waals surface area contributed by atoms with Crippen LogP contribution in [0.1, 0.15) is 29.2 Å². The number of aryl methyl sites for hydroxylation is 1. The average molecular weight is 368 g/mol. The number of anilines is 1. The lowest BCUT2D eigenvalue weighted by Gasteiger charge is -2.25. The van der Waals surface area contributed by atoms with Crippen molar-refractivity contribution in [2.45, 2.75) is 19.8 Å². The maximum Gasteiger partial charge on any atom is 0.296 e. The van der Waals surface area contributed by atoms with Gasteiger partial charge in [-0.05, 0) is 41.4 Å². The summed E-state index contributed by atoms with van der Waals surface area (Å²) in [6.07, 6.45) is 1.30. The number of likely N-dealkylation sites (tertiary alicyclic amines) is 1. The van der Waals surface area contributed by atoms with Crippen LogP contribution in [-0.4, -0.2) is 35.1 Å². The summed E-state index contributed by atoms with van der Waals surface area (Å²) < 4.78 is 10.8. The highest BCUT2D eigenvalue weighted by molar-refractivity contribution is 9.10. The number of furan rings is 1. The number of aromatic nitrogens is 1. The first kappa shape index (κ1) is 14.8. The van der Waals surface area contributed by atoms with Gasteiger partial charge in [-0.1, -0.05) is 5.16 Å². The van der Waals surface area contributed by atoms with Crippen LogP contribution in [0, 0.1) is 6.92 Å². The summed E-state index contributed by atoms with van der Waals surface area (Å²) in [7, 11) is 0. The SMILES string of the molecule is Cc1cc(N(CN2CCCC2=O)C(=O)c2ccc(Br)o2)no1. The Kier molecular flexibility index (Phi) is 4.02. The third kappa shape index (κ3) is 2.92. The number of halogens is 1. The average Bonchev–Trinajstić information content (AvgIpc) is 3.18. The Balaban J connectivity index is 1.88. The molecule has 1 aliphatic rings. The second kappa shape index (κ2) is 5.96. The van der Waals surface area contributed by atoms with Gasteiger partial charge in [0.2, 0.25) is 5.91 Å². The number of nitrogens with zero attached hydrogens (tertiary/aromatic N) is 3. The summed E-state index contributed by atoms with van der Waals surface area (Å²) in [6.45, 7) is 2.49. The van der Waals surface area contributed by atoms with E-state index >= 15 is 0 Å². The fourth-order valence-electron chi connectivity index (χ4n) is 2.31. The van der Waals surface area contributed by atoms with E-state index in [1.165, 1.54) is 4.90 Å². The smallest absolute Gasteiger partial charge is 0.296 e. The zero-order valence-corrected chi connectivity index (χ0v) is 13.5. The summed E-state index contributed by atoms with van der Waals surface area (Å²) in [4.78, 5) is 27.5. The zero-order chi connectivity index (χ0) is 15.7. The summed E-state index contributed by atoms with van der Waals surface area (Å²) in [5, 5.41) is 3.88. The number of carbonyl (C=O) groups is 2. The first-order valence-corrected chi connectivity index (χ1v) is 7.62. The van der Waals surface area contributed by atoms with Crippen molar-refractivity contribution in [2.24, 2.45) is 0 Å². The number of carbonyl (C=O) groups excluding carboxylic acids is 2. The van der Waals surface area contributed by atoms with E-state index in [9.17, 15) is 9.59 Å². The van der Waals surface area contributed by atoms with Gasteiger partial charge in [0.15, 0.2) is 16.2 Å². The van der Waals surface area contributed by atoms with E-state index in [0.29, 0.717) is 29.2 Å². The minimum Gasteiger partial charge on any atom is -0.444 e. The number of hydrogen-bond acceptors (Lipinski definition) is 5. The molecule has 0 atom stereocenters. The molecule has 2 aromatic heterocycles. The number of rotatable bonds is 4. The minimum absolute atomic E-state index is 0.0265. The highest BCUT2D eigenvalue weighted by Gasteiger charge is 2.29. The van der Waals surface area contributed by atoms with E-state index in [4.69, 9.17) is 8.94 Å². The molecule has 0 bridgehead atoms. The lowest BCUT2D eigenvalue weighted by molar-refractivity contribution is -0.127. The first-order valence-electron chi connectivity index (χ1n) is 6.83. The molecule has 22 heavy (non-hydrogen) atoms. The third-order valence-electron chi connectivity index (χ3n) is 3.40. The van der Waals surface area contributed by atoms with Crippen LogP contribution in [0.25, 0.3) is 0 Å². The summed E-state index contributed by atoms with van der Waals surface area (Å²) in [5.74, 6) is 0.757. The van der Waals surface area contributed by atoms with Crippen molar-refractivity contribution in [1.29, 1.82) is 0 Å². The van der Waals surface area contributed by atoms with Crippen LogP contribution >= 0.6 is 15.9 Å². The second-order valence-electron chi connectivity index (χ2n) is 5.03. The van der Waals surface area contributed by atoms with Crippen LogP contribution in [-0.2, 0) is 4.79 Å². The molecule has 1 fully saturated rings. The highest BCUT2D eigenvalue weighted by atomic mass is 79.9. The molecule has 7 nitrogen and oxygen atoms in total. The van der Waals surface area contributed by atoms with E-state index in [1.54, 1.807) is 30.0 Å². The van der Waals surface area contributed by atoms with Crippen LogP contribution in [0.15, 0.2) is 31.8 Å². The Labute approximate surface area is 135 Å². The normalized spacial score (nSPS) is 14.6. The van der Waals surface area contributed by atoms with Crippen molar-refractivity contribution < 1.29 is 18.5 Å². The van der Waals surface area contributed by atoms with Gasteiger partial charge in [0.05, 0.1) is 0 Å². The highest BCUT2D eigenvalue weighted by Crippen LogP contribution is 2.22. The van der Waals surface area contributed by atoms with Crippen LogP contribution < -0.4 is 4.90 Å². The molecule has 0 aliphatic carbocycles. The Hall–Kier alpha value is -2.09. The molecule has 8 heteroatoms. The van der Waals surface area contributed by atoms with E-state index in [2.05, 4.69) is 21.1 Å². The monoisotopic (exact) mass is 367 g/mol. The number of hydrogen-bond donors (Lipinski definition) is 0. The molecule has 0 radical (unpaired) electrons. The Morgan fingerprint density at radius 1 is 1.50 bits per heavy atom. The summed E-state index contributed by atoms with van der Waals surface area (Å²) in [6, 6.07) is 4.86. The van der Waals surface area contributed by atoms with Gasteiger partial charge in [-0.2, -0.15) is 0 Å². The predicted octanol–water partition coefficient (Wildman–Crippen LogP) is 2.57. The summed E-state index contributed by atoms with van der Waals surface area (Å²) >= 11 is 3.17. The van der Waals surface area contributed by atoms with Crippen LogP contribution in [0.4, 0.5) is 5.82 Å². The van der Waals surface area contributed by atoms with Gasteiger partial charge in [-0.25, -0.2) is 0 Å². The summed E-state index contributed by atoms with van der Waals surface area (Å²) in [5.41, 5.74) is 0. The van der Waals surface area contributed by atoms with E-state index in [-0.39, 0.29) is 24.2 Å². The van der Waals surface area contributed by atoms with E-state index in [1.807, 2.05) is 0 Å². The van der Waals surface area contributed by atoms with Crippen molar-refractivity contribution in [3.63, 3.8) is 0 Å².